The summed E-state index contributed by atoms with van der Waals surface area (Å²) in [5.41, 5.74) is 1.02. The molecule has 0 saturated carbocycles. The first kappa shape index (κ1) is 15.5. The summed E-state index contributed by atoms with van der Waals surface area (Å²) in [5.74, 6) is 0.284. The summed E-state index contributed by atoms with van der Waals surface area (Å²) >= 11 is 11.3. The number of ether oxygens (including phenoxy) is 1. The highest BCUT2D eigenvalue weighted by Gasteiger charge is 2.08. The molecule has 0 amide bonds. The lowest BCUT2D eigenvalue weighted by Crippen LogP contribution is -1.94. The SMILES string of the molecule is O=C(Cl)c1cnn(-c2ccc(Oc3cc(F)ccc3Cl)cc2)c1. The van der Waals surface area contributed by atoms with Gasteiger partial charge in [-0.05, 0) is 48.0 Å². The van der Waals surface area contributed by atoms with E-state index < -0.39 is 11.1 Å². The minimum atomic E-state index is -0.572. The fourth-order valence-electron chi connectivity index (χ4n) is 1.91. The molecule has 0 aliphatic carbocycles. The highest BCUT2D eigenvalue weighted by atomic mass is 35.5. The molecule has 0 spiro atoms. The van der Waals surface area contributed by atoms with E-state index in [1.807, 2.05) is 0 Å². The van der Waals surface area contributed by atoms with E-state index in [9.17, 15) is 9.18 Å². The number of benzene rings is 2. The molecule has 3 aromatic rings. The first-order valence-corrected chi connectivity index (χ1v) is 7.26. The summed E-state index contributed by atoms with van der Waals surface area (Å²) in [6, 6.07) is 10.7. The molecule has 116 valence electrons. The zero-order valence-corrected chi connectivity index (χ0v) is 13.1. The number of carbonyl (C=O) groups excluding carboxylic acids is 1. The second-order valence-electron chi connectivity index (χ2n) is 4.62. The molecule has 1 aromatic heterocycles. The van der Waals surface area contributed by atoms with Crippen molar-refractivity contribution in [2.24, 2.45) is 0 Å². The molecule has 0 fully saturated rings. The van der Waals surface area contributed by atoms with Crippen LogP contribution in [-0.4, -0.2) is 15.0 Å². The van der Waals surface area contributed by atoms with Crippen LogP contribution in [0.2, 0.25) is 5.02 Å². The summed E-state index contributed by atoms with van der Waals surface area (Å²) in [6.07, 6.45) is 2.90. The van der Waals surface area contributed by atoms with Crippen LogP contribution in [0, 0.1) is 5.82 Å². The summed E-state index contributed by atoms with van der Waals surface area (Å²) in [6.45, 7) is 0. The quantitative estimate of drug-likeness (QED) is 0.632. The Kier molecular flexibility index (Phi) is 4.32. The van der Waals surface area contributed by atoms with Crippen molar-refractivity contribution >= 4 is 28.4 Å². The number of rotatable bonds is 4. The fraction of sp³-hybridized carbons (Fsp3) is 0. The molecule has 0 aliphatic rings. The minimum absolute atomic E-state index is 0.230. The molecule has 0 radical (unpaired) electrons. The number of nitrogens with zero attached hydrogens (tertiary/aromatic N) is 2. The van der Waals surface area contributed by atoms with Crippen molar-refractivity contribution in [3.8, 4) is 17.2 Å². The van der Waals surface area contributed by atoms with Crippen molar-refractivity contribution in [1.82, 2.24) is 9.78 Å². The standard InChI is InChI=1S/C16H9Cl2FN2O2/c17-14-6-1-11(19)7-15(14)23-13-4-2-12(3-5-13)21-9-10(8-20-21)16(18)22/h1-9H. The molecule has 4 nitrogen and oxygen atoms in total. The van der Waals surface area contributed by atoms with Gasteiger partial charge in [0.05, 0.1) is 22.5 Å². The second kappa shape index (κ2) is 6.40. The van der Waals surface area contributed by atoms with Crippen molar-refractivity contribution in [3.63, 3.8) is 0 Å². The molecule has 0 atom stereocenters. The Morgan fingerprint density at radius 3 is 2.57 bits per heavy atom. The van der Waals surface area contributed by atoms with Crippen molar-refractivity contribution in [2.75, 3.05) is 0 Å². The third kappa shape index (κ3) is 3.52. The van der Waals surface area contributed by atoms with Gasteiger partial charge in [0.1, 0.15) is 17.3 Å². The molecular formula is C16H9Cl2FN2O2. The predicted molar refractivity (Wildman–Crippen MR) is 85.2 cm³/mol. The van der Waals surface area contributed by atoms with Gasteiger partial charge >= 0.3 is 0 Å². The van der Waals surface area contributed by atoms with Crippen molar-refractivity contribution in [1.29, 1.82) is 0 Å². The van der Waals surface area contributed by atoms with Crippen LogP contribution in [0.25, 0.3) is 5.69 Å². The molecule has 0 aliphatic heterocycles. The van der Waals surface area contributed by atoms with E-state index >= 15 is 0 Å². The number of aromatic nitrogens is 2. The Bertz CT molecular complexity index is 863. The third-order valence-electron chi connectivity index (χ3n) is 3.03. The van der Waals surface area contributed by atoms with E-state index in [4.69, 9.17) is 27.9 Å². The summed E-state index contributed by atoms with van der Waals surface area (Å²) in [4.78, 5) is 11.1. The first-order chi connectivity index (χ1) is 11.0. The molecular weight excluding hydrogens is 342 g/mol. The third-order valence-corrected chi connectivity index (χ3v) is 3.56. The smallest absolute Gasteiger partial charge is 0.255 e. The van der Waals surface area contributed by atoms with E-state index in [-0.39, 0.29) is 5.75 Å². The van der Waals surface area contributed by atoms with Crippen LogP contribution in [0.3, 0.4) is 0 Å². The van der Waals surface area contributed by atoms with Crippen LogP contribution < -0.4 is 4.74 Å². The lowest BCUT2D eigenvalue weighted by molar-refractivity contribution is 0.108. The van der Waals surface area contributed by atoms with Gasteiger partial charge in [-0.3, -0.25) is 4.79 Å². The number of carbonyl (C=O) groups is 1. The summed E-state index contributed by atoms with van der Waals surface area (Å²) in [7, 11) is 0. The van der Waals surface area contributed by atoms with Crippen LogP contribution in [0.5, 0.6) is 11.5 Å². The second-order valence-corrected chi connectivity index (χ2v) is 5.37. The Labute approximate surface area is 141 Å². The van der Waals surface area contributed by atoms with E-state index in [2.05, 4.69) is 5.10 Å². The van der Waals surface area contributed by atoms with Gasteiger partial charge in [0.2, 0.25) is 0 Å². The van der Waals surface area contributed by atoms with Crippen molar-refractivity contribution in [3.05, 3.63) is 71.3 Å². The van der Waals surface area contributed by atoms with Crippen molar-refractivity contribution in [2.45, 2.75) is 0 Å². The molecule has 3 rings (SSSR count). The molecule has 0 N–H and O–H groups in total. The van der Waals surface area contributed by atoms with E-state index in [0.717, 1.165) is 0 Å². The Hall–Kier alpha value is -2.37. The molecule has 0 unspecified atom stereocenters. The lowest BCUT2D eigenvalue weighted by atomic mass is 10.3. The van der Waals surface area contributed by atoms with Crippen LogP contribution in [-0.2, 0) is 0 Å². The Balaban J connectivity index is 1.81. The van der Waals surface area contributed by atoms with E-state index in [0.29, 0.717) is 22.0 Å². The monoisotopic (exact) mass is 350 g/mol. The largest absolute Gasteiger partial charge is 0.456 e. The molecule has 0 saturated heterocycles. The summed E-state index contributed by atoms with van der Waals surface area (Å²) < 4.78 is 20.3. The van der Waals surface area contributed by atoms with Crippen LogP contribution in [0.4, 0.5) is 4.39 Å². The zero-order chi connectivity index (χ0) is 16.4. The van der Waals surface area contributed by atoms with Gasteiger partial charge in [-0.2, -0.15) is 5.10 Å². The van der Waals surface area contributed by atoms with E-state index in [1.165, 1.54) is 35.3 Å². The normalized spacial score (nSPS) is 10.6. The highest BCUT2D eigenvalue weighted by molar-refractivity contribution is 6.67. The average Bonchev–Trinajstić information content (AvgIpc) is 3.02. The maximum atomic E-state index is 13.2. The fourth-order valence-corrected chi connectivity index (χ4v) is 2.17. The first-order valence-electron chi connectivity index (χ1n) is 6.51. The van der Waals surface area contributed by atoms with Gasteiger partial charge in [0, 0.05) is 12.3 Å². The number of halogens is 3. The molecule has 1 heterocycles. The molecule has 7 heteroatoms. The minimum Gasteiger partial charge on any atom is -0.456 e. The lowest BCUT2D eigenvalue weighted by Gasteiger charge is -2.08. The highest BCUT2D eigenvalue weighted by Crippen LogP contribution is 2.30. The molecule has 0 bridgehead atoms. The topological polar surface area (TPSA) is 44.1 Å². The van der Waals surface area contributed by atoms with Crippen molar-refractivity contribution < 1.29 is 13.9 Å². The van der Waals surface area contributed by atoms with Gasteiger partial charge in [-0.25, -0.2) is 9.07 Å². The zero-order valence-electron chi connectivity index (χ0n) is 11.5. The van der Waals surface area contributed by atoms with E-state index in [1.54, 1.807) is 24.3 Å². The maximum absolute atomic E-state index is 13.2. The summed E-state index contributed by atoms with van der Waals surface area (Å²) in [5, 5.41) is 3.79. The van der Waals surface area contributed by atoms with Gasteiger partial charge < -0.3 is 4.74 Å². The van der Waals surface area contributed by atoms with Crippen LogP contribution in [0.1, 0.15) is 10.4 Å². The van der Waals surface area contributed by atoms with Gasteiger partial charge in [-0.1, -0.05) is 11.6 Å². The maximum Gasteiger partial charge on any atom is 0.255 e. The van der Waals surface area contributed by atoms with Gasteiger partial charge in [-0.15, -0.1) is 0 Å². The van der Waals surface area contributed by atoms with Gasteiger partial charge in [0.25, 0.3) is 5.24 Å². The molecule has 2 aromatic carbocycles. The van der Waals surface area contributed by atoms with Crippen LogP contribution >= 0.6 is 23.2 Å². The number of hydrogen-bond acceptors (Lipinski definition) is 3. The Morgan fingerprint density at radius 1 is 1.17 bits per heavy atom. The molecule has 23 heavy (non-hydrogen) atoms. The number of hydrogen-bond donors (Lipinski definition) is 0. The van der Waals surface area contributed by atoms with Crippen LogP contribution in [0.15, 0.2) is 54.9 Å². The Morgan fingerprint density at radius 2 is 1.91 bits per heavy atom. The van der Waals surface area contributed by atoms with Gasteiger partial charge in [0.15, 0.2) is 0 Å². The predicted octanol–water partition coefficient (Wildman–Crippen LogP) is 4.84. The average molecular weight is 351 g/mol.